The molecule has 0 spiro atoms. The fourth-order valence-corrected chi connectivity index (χ4v) is 3.85. The van der Waals surface area contributed by atoms with Crippen molar-refractivity contribution < 1.29 is 24.2 Å². The summed E-state index contributed by atoms with van der Waals surface area (Å²) in [5.74, 6) is -0.108. The molecule has 1 amide bonds. The third-order valence-corrected chi connectivity index (χ3v) is 5.50. The molecule has 0 aliphatic carbocycles. The third-order valence-electron chi connectivity index (χ3n) is 5.50. The minimum atomic E-state index is -0.691. The quantitative estimate of drug-likeness (QED) is 0.320. The summed E-state index contributed by atoms with van der Waals surface area (Å²) in [6, 6.07) is 13.5. The van der Waals surface area contributed by atoms with Crippen LogP contribution in [-0.4, -0.2) is 66.5 Å². The van der Waals surface area contributed by atoms with Crippen molar-refractivity contribution in [1.29, 1.82) is 0 Å². The van der Waals surface area contributed by atoms with Crippen molar-refractivity contribution in [3.8, 4) is 11.5 Å². The first-order valence-electron chi connectivity index (χ1n) is 11.7. The van der Waals surface area contributed by atoms with Gasteiger partial charge in [0.2, 0.25) is 0 Å². The van der Waals surface area contributed by atoms with E-state index in [0.717, 1.165) is 12.0 Å². The van der Waals surface area contributed by atoms with E-state index in [9.17, 15) is 14.7 Å². The summed E-state index contributed by atoms with van der Waals surface area (Å²) >= 11 is 0. The van der Waals surface area contributed by atoms with Crippen LogP contribution in [0.25, 0.3) is 5.76 Å². The molecule has 2 aromatic carbocycles. The van der Waals surface area contributed by atoms with Crippen LogP contribution in [0.2, 0.25) is 0 Å². The van der Waals surface area contributed by atoms with E-state index in [2.05, 4.69) is 0 Å². The van der Waals surface area contributed by atoms with Gasteiger partial charge in [-0.25, -0.2) is 0 Å². The highest BCUT2D eigenvalue weighted by Gasteiger charge is 2.45. The Balaban J connectivity index is 2.03. The first kappa shape index (κ1) is 25.3. The van der Waals surface area contributed by atoms with Gasteiger partial charge in [0.1, 0.15) is 17.3 Å². The predicted molar refractivity (Wildman–Crippen MR) is 132 cm³/mol. The Labute approximate surface area is 201 Å². The van der Waals surface area contributed by atoms with Crippen LogP contribution in [0, 0.1) is 0 Å². The Morgan fingerprint density at radius 3 is 2.21 bits per heavy atom. The number of ether oxygens (including phenoxy) is 2. The van der Waals surface area contributed by atoms with Crippen LogP contribution in [-0.2, 0) is 9.59 Å². The maximum absolute atomic E-state index is 13.1. The molecule has 1 unspecified atom stereocenters. The molecule has 0 radical (unpaired) electrons. The number of aliphatic hydroxyl groups excluding tert-OH is 1. The predicted octanol–water partition coefficient (Wildman–Crippen LogP) is 4.25. The first-order chi connectivity index (χ1) is 16.2. The lowest BCUT2D eigenvalue weighted by atomic mass is 9.95. The molecule has 1 N–H and O–H groups in total. The molecular formula is C27H34N2O5. The highest BCUT2D eigenvalue weighted by molar-refractivity contribution is 6.46. The number of hydrogen-bond donors (Lipinski definition) is 1. The molecule has 1 aliphatic rings. The van der Waals surface area contributed by atoms with Crippen LogP contribution in [0.1, 0.15) is 44.4 Å². The minimum Gasteiger partial charge on any atom is -0.507 e. The number of carbonyl (C=O) groups is 2. The summed E-state index contributed by atoms with van der Waals surface area (Å²) in [7, 11) is 3.82. The van der Waals surface area contributed by atoms with E-state index in [0.29, 0.717) is 36.8 Å². The highest BCUT2D eigenvalue weighted by atomic mass is 16.5. The van der Waals surface area contributed by atoms with Crippen molar-refractivity contribution in [2.45, 2.75) is 39.3 Å². The van der Waals surface area contributed by atoms with Crippen LogP contribution in [0.4, 0.5) is 0 Å². The Morgan fingerprint density at radius 2 is 1.65 bits per heavy atom. The maximum atomic E-state index is 13.1. The summed E-state index contributed by atoms with van der Waals surface area (Å²) in [6.45, 7) is 7.45. The zero-order valence-corrected chi connectivity index (χ0v) is 20.6. The molecule has 7 heteroatoms. The lowest BCUT2D eigenvalue weighted by Gasteiger charge is -2.26. The molecular weight excluding hydrogens is 432 g/mol. The highest BCUT2D eigenvalue weighted by Crippen LogP contribution is 2.39. The number of carbonyl (C=O) groups excluding carboxylic acids is 2. The number of hydrogen-bond acceptors (Lipinski definition) is 6. The molecule has 1 saturated heterocycles. The zero-order chi connectivity index (χ0) is 24.8. The second-order valence-electron chi connectivity index (χ2n) is 8.90. The Kier molecular flexibility index (Phi) is 8.34. The number of ketones is 1. The van der Waals surface area contributed by atoms with Gasteiger partial charge >= 0.3 is 0 Å². The van der Waals surface area contributed by atoms with Gasteiger partial charge in [-0.05, 0) is 76.3 Å². The van der Waals surface area contributed by atoms with Crippen LogP contribution in [0.3, 0.4) is 0 Å². The Morgan fingerprint density at radius 1 is 1.03 bits per heavy atom. The molecule has 34 heavy (non-hydrogen) atoms. The molecule has 7 nitrogen and oxygen atoms in total. The maximum Gasteiger partial charge on any atom is 0.295 e. The van der Waals surface area contributed by atoms with E-state index in [1.54, 1.807) is 24.3 Å². The molecule has 2 aromatic rings. The fraction of sp³-hybridized carbons (Fsp3) is 0.407. The van der Waals surface area contributed by atoms with Gasteiger partial charge in [0.15, 0.2) is 0 Å². The topological polar surface area (TPSA) is 79.3 Å². The number of Topliss-reactive ketones (excluding diaryl/α,β-unsaturated/α-hetero) is 1. The van der Waals surface area contributed by atoms with Crippen LogP contribution in [0.5, 0.6) is 11.5 Å². The van der Waals surface area contributed by atoms with Crippen LogP contribution < -0.4 is 9.47 Å². The average Bonchev–Trinajstić information content (AvgIpc) is 3.06. The number of likely N-dealkylation sites (tertiary alicyclic amines) is 1. The summed E-state index contributed by atoms with van der Waals surface area (Å²) in [6.07, 6.45) is 0.917. The molecule has 0 bridgehead atoms. The smallest absolute Gasteiger partial charge is 0.295 e. The molecule has 182 valence electrons. The number of nitrogens with zero attached hydrogens (tertiary/aromatic N) is 2. The van der Waals surface area contributed by atoms with Crippen molar-refractivity contribution in [3.63, 3.8) is 0 Å². The van der Waals surface area contributed by atoms with Crippen molar-refractivity contribution in [2.75, 3.05) is 33.8 Å². The van der Waals surface area contributed by atoms with E-state index in [1.807, 2.05) is 64.0 Å². The molecule has 3 rings (SSSR count). The lowest BCUT2D eigenvalue weighted by molar-refractivity contribution is -0.140. The first-order valence-corrected chi connectivity index (χ1v) is 11.7. The lowest BCUT2D eigenvalue weighted by Crippen LogP contribution is -2.35. The largest absolute Gasteiger partial charge is 0.507 e. The number of benzene rings is 2. The van der Waals surface area contributed by atoms with E-state index in [1.165, 1.54) is 4.90 Å². The number of aliphatic hydroxyl groups is 1. The third kappa shape index (κ3) is 5.78. The number of rotatable bonds is 10. The van der Waals surface area contributed by atoms with Gasteiger partial charge in [0, 0.05) is 18.7 Å². The summed E-state index contributed by atoms with van der Waals surface area (Å²) in [5.41, 5.74) is 1.28. The minimum absolute atomic E-state index is 0.0286. The van der Waals surface area contributed by atoms with Crippen molar-refractivity contribution >= 4 is 17.4 Å². The van der Waals surface area contributed by atoms with Crippen molar-refractivity contribution in [3.05, 3.63) is 65.2 Å². The van der Waals surface area contributed by atoms with Crippen LogP contribution >= 0.6 is 0 Å². The van der Waals surface area contributed by atoms with Crippen LogP contribution in [0.15, 0.2) is 54.1 Å². The molecule has 1 aliphatic heterocycles. The zero-order valence-electron chi connectivity index (χ0n) is 20.6. The summed E-state index contributed by atoms with van der Waals surface area (Å²) in [4.78, 5) is 29.6. The Hall–Kier alpha value is -3.32. The van der Waals surface area contributed by atoms with Crippen molar-refractivity contribution in [1.82, 2.24) is 9.80 Å². The SMILES string of the molecule is CCCOc1ccc(/C(O)=C2/C(=O)C(=O)N(CCN(C)C)C2c2ccc(OC(C)C)cc2)cc1. The van der Waals surface area contributed by atoms with E-state index >= 15 is 0 Å². The van der Waals surface area contributed by atoms with Gasteiger partial charge in [-0.3, -0.25) is 9.59 Å². The molecule has 1 atom stereocenters. The van der Waals surface area contributed by atoms with E-state index in [-0.39, 0.29) is 17.4 Å². The Bertz CT molecular complexity index is 1030. The standard InChI is InChI=1S/C27H34N2O5/c1-6-17-33-21-11-9-20(10-12-21)25(30)23-24(19-7-13-22(14-8-19)34-18(2)3)29(16-15-28(4)5)27(32)26(23)31/h7-14,18,24,30H,6,15-17H2,1-5H3/b25-23-. The number of likely N-dealkylation sites (N-methyl/N-ethyl adjacent to an activating group) is 1. The van der Waals surface area contributed by atoms with E-state index in [4.69, 9.17) is 9.47 Å². The fourth-order valence-electron chi connectivity index (χ4n) is 3.85. The van der Waals surface area contributed by atoms with Crippen molar-refractivity contribution in [2.24, 2.45) is 0 Å². The van der Waals surface area contributed by atoms with Gasteiger partial charge in [-0.1, -0.05) is 19.1 Å². The second kappa shape index (κ2) is 11.2. The van der Waals surface area contributed by atoms with Gasteiger partial charge < -0.3 is 24.4 Å². The molecule has 0 aromatic heterocycles. The normalized spacial score (nSPS) is 17.6. The summed E-state index contributed by atoms with van der Waals surface area (Å²) < 4.78 is 11.3. The number of amides is 1. The van der Waals surface area contributed by atoms with Gasteiger partial charge in [0.05, 0.1) is 24.3 Å². The molecule has 1 fully saturated rings. The van der Waals surface area contributed by atoms with Gasteiger partial charge in [-0.2, -0.15) is 0 Å². The molecule has 0 saturated carbocycles. The van der Waals surface area contributed by atoms with Gasteiger partial charge in [0.25, 0.3) is 11.7 Å². The monoisotopic (exact) mass is 466 g/mol. The second-order valence-corrected chi connectivity index (χ2v) is 8.90. The summed E-state index contributed by atoms with van der Waals surface area (Å²) in [5, 5.41) is 11.2. The molecule has 1 heterocycles. The average molecular weight is 467 g/mol. The van der Waals surface area contributed by atoms with E-state index < -0.39 is 17.7 Å². The van der Waals surface area contributed by atoms with Gasteiger partial charge in [-0.15, -0.1) is 0 Å².